The van der Waals surface area contributed by atoms with E-state index in [0.29, 0.717) is 0 Å². The molecule has 3 heterocycles. The number of para-hydroxylation sites is 1. The van der Waals surface area contributed by atoms with Crippen LogP contribution in [-0.4, -0.2) is 9.55 Å². The molecule has 0 fully saturated rings. The molecule has 2 unspecified atom stereocenters. The largest absolute Gasteiger partial charge is 0.464 e. The molecule has 46 heavy (non-hydrogen) atoms. The Balaban J connectivity index is 1.14. The van der Waals surface area contributed by atoms with Gasteiger partial charge in [0.2, 0.25) is 0 Å². The number of ether oxygens (including phenoxy) is 1. The van der Waals surface area contributed by atoms with Crippen molar-refractivity contribution in [1.82, 2.24) is 14.9 Å². The Kier molecular flexibility index (Phi) is 6.59. The Hall–Kier alpha value is -5.35. The van der Waals surface area contributed by atoms with E-state index in [4.69, 9.17) is 9.72 Å². The molecule has 0 radical (unpaired) electrons. The molecule has 2 aromatic heterocycles. The molecule has 0 spiro atoms. The van der Waals surface area contributed by atoms with Crippen LogP contribution in [0.25, 0.3) is 39.1 Å². The number of nitrogens with zero attached hydrogens (tertiary/aromatic N) is 2. The van der Waals surface area contributed by atoms with Gasteiger partial charge in [-0.2, -0.15) is 0 Å². The molecule has 4 heteroatoms. The molecule has 3 aliphatic carbocycles. The molecule has 4 nitrogen and oxygen atoms in total. The molecule has 0 amide bonds. The monoisotopic (exact) mass is 597 g/mol. The van der Waals surface area contributed by atoms with Crippen molar-refractivity contribution in [2.24, 2.45) is 0 Å². The van der Waals surface area contributed by atoms with E-state index in [1.165, 1.54) is 50.3 Å². The highest BCUT2D eigenvalue weighted by Crippen LogP contribution is 2.46. The van der Waals surface area contributed by atoms with Crippen molar-refractivity contribution in [3.63, 3.8) is 0 Å². The fourth-order valence-corrected chi connectivity index (χ4v) is 7.50. The molecule has 0 bridgehead atoms. The van der Waals surface area contributed by atoms with Crippen LogP contribution in [0.1, 0.15) is 66.0 Å². The summed E-state index contributed by atoms with van der Waals surface area (Å²) in [6.07, 6.45) is 18.2. The number of allylic oxidation sites excluding steroid dienone is 9. The first-order chi connectivity index (χ1) is 22.8. The summed E-state index contributed by atoms with van der Waals surface area (Å²) in [5.74, 6) is 1.29. The van der Waals surface area contributed by atoms with Crippen LogP contribution < -0.4 is 5.32 Å². The Morgan fingerprint density at radius 3 is 2.48 bits per heavy atom. The van der Waals surface area contributed by atoms with E-state index in [-0.39, 0.29) is 12.1 Å². The van der Waals surface area contributed by atoms with Gasteiger partial charge in [0.1, 0.15) is 0 Å². The summed E-state index contributed by atoms with van der Waals surface area (Å²) >= 11 is 0. The van der Waals surface area contributed by atoms with Crippen molar-refractivity contribution >= 4 is 27.9 Å². The summed E-state index contributed by atoms with van der Waals surface area (Å²) in [6, 6.07) is 34.5. The molecule has 9 rings (SSSR count). The SMILES string of the molecule is C1=CCC(c2cc(-c3ccccc3)cc(C3=CCCC(n4c5c(c6ccccc64)C4=C(CC5)NC(c5ccccc5)O4)=C3)n2)C=C1. The second-order valence-electron chi connectivity index (χ2n) is 12.6. The van der Waals surface area contributed by atoms with Gasteiger partial charge in [-0.1, -0.05) is 109 Å². The molecular weight excluding hydrogens is 562 g/mol. The van der Waals surface area contributed by atoms with E-state index < -0.39 is 0 Å². The average molecular weight is 598 g/mol. The zero-order valence-corrected chi connectivity index (χ0v) is 25.7. The summed E-state index contributed by atoms with van der Waals surface area (Å²) in [5, 5.41) is 4.94. The van der Waals surface area contributed by atoms with E-state index in [2.05, 4.69) is 143 Å². The number of hydrogen-bond acceptors (Lipinski definition) is 3. The molecule has 1 N–H and O–H groups in total. The minimum Gasteiger partial charge on any atom is -0.464 e. The average Bonchev–Trinajstić information content (AvgIpc) is 3.72. The summed E-state index contributed by atoms with van der Waals surface area (Å²) in [5.41, 5.74) is 13.3. The van der Waals surface area contributed by atoms with E-state index in [1.807, 2.05) is 0 Å². The first-order valence-electron chi connectivity index (χ1n) is 16.5. The number of aromatic nitrogens is 2. The maximum Gasteiger partial charge on any atom is 0.196 e. The van der Waals surface area contributed by atoms with Crippen molar-refractivity contribution in [2.75, 3.05) is 0 Å². The van der Waals surface area contributed by atoms with Gasteiger partial charge in [-0.15, -0.1) is 0 Å². The number of hydrogen-bond donors (Lipinski definition) is 1. The molecule has 5 aromatic rings. The van der Waals surface area contributed by atoms with Gasteiger partial charge >= 0.3 is 0 Å². The molecule has 224 valence electrons. The van der Waals surface area contributed by atoms with Crippen LogP contribution in [0.5, 0.6) is 0 Å². The molecule has 0 saturated carbocycles. The quantitative estimate of drug-likeness (QED) is 0.219. The van der Waals surface area contributed by atoms with Crippen molar-refractivity contribution in [1.29, 1.82) is 0 Å². The van der Waals surface area contributed by atoms with Gasteiger partial charge in [-0.3, -0.25) is 4.98 Å². The van der Waals surface area contributed by atoms with E-state index in [1.54, 1.807) is 0 Å². The Labute approximate surface area is 269 Å². The predicted octanol–water partition coefficient (Wildman–Crippen LogP) is 9.95. The van der Waals surface area contributed by atoms with Crippen LogP contribution in [0.15, 0.2) is 139 Å². The number of pyridine rings is 1. The molecular formula is C42H35N3O. The fraction of sp³-hybridized carbons (Fsp3) is 0.167. The minimum absolute atomic E-state index is 0.158. The van der Waals surface area contributed by atoms with Crippen molar-refractivity contribution in [2.45, 2.75) is 44.2 Å². The zero-order valence-electron chi connectivity index (χ0n) is 25.7. The van der Waals surface area contributed by atoms with Gasteiger partial charge in [0.25, 0.3) is 0 Å². The lowest BCUT2D eigenvalue weighted by atomic mass is 9.92. The molecule has 0 saturated heterocycles. The van der Waals surface area contributed by atoms with Crippen molar-refractivity contribution in [3.05, 3.63) is 167 Å². The maximum absolute atomic E-state index is 6.71. The number of rotatable bonds is 5. The zero-order chi connectivity index (χ0) is 30.5. The summed E-state index contributed by atoms with van der Waals surface area (Å²) in [6.45, 7) is 0. The summed E-state index contributed by atoms with van der Waals surface area (Å²) in [7, 11) is 0. The van der Waals surface area contributed by atoms with Crippen molar-refractivity contribution < 1.29 is 4.74 Å². The Morgan fingerprint density at radius 1 is 0.804 bits per heavy atom. The van der Waals surface area contributed by atoms with Gasteiger partial charge in [0.05, 0.1) is 16.9 Å². The van der Waals surface area contributed by atoms with Gasteiger partial charge in [-0.25, -0.2) is 0 Å². The highest BCUT2D eigenvalue weighted by atomic mass is 16.5. The molecule has 2 atom stereocenters. The van der Waals surface area contributed by atoms with Crippen LogP contribution >= 0.6 is 0 Å². The Bertz CT molecular complexity index is 2130. The smallest absolute Gasteiger partial charge is 0.196 e. The van der Waals surface area contributed by atoms with Gasteiger partial charge in [-0.05, 0) is 73.1 Å². The van der Waals surface area contributed by atoms with E-state index in [9.17, 15) is 0 Å². The lowest BCUT2D eigenvalue weighted by Crippen LogP contribution is -2.16. The summed E-state index contributed by atoms with van der Waals surface area (Å²) < 4.78 is 9.23. The number of nitrogens with one attached hydrogen (secondary N) is 1. The van der Waals surface area contributed by atoms with Crippen LogP contribution in [0.4, 0.5) is 0 Å². The maximum atomic E-state index is 6.71. The van der Waals surface area contributed by atoms with Gasteiger partial charge in [0, 0.05) is 39.5 Å². The van der Waals surface area contributed by atoms with Crippen LogP contribution in [0.3, 0.4) is 0 Å². The van der Waals surface area contributed by atoms with Gasteiger partial charge < -0.3 is 14.6 Å². The van der Waals surface area contributed by atoms with Crippen LogP contribution in [0.2, 0.25) is 0 Å². The highest BCUT2D eigenvalue weighted by molar-refractivity contribution is 5.98. The topological polar surface area (TPSA) is 39.1 Å². The number of benzene rings is 3. The molecule has 1 aliphatic heterocycles. The highest BCUT2D eigenvalue weighted by Gasteiger charge is 2.35. The first kappa shape index (κ1) is 27.0. The second-order valence-corrected chi connectivity index (χ2v) is 12.6. The molecule has 4 aliphatic rings. The lowest BCUT2D eigenvalue weighted by Gasteiger charge is -2.22. The van der Waals surface area contributed by atoms with Gasteiger partial charge in [0.15, 0.2) is 12.0 Å². The predicted molar refractivity (Wildman–Crippen MR) is 187 cm³/mol. The van der Waals surface area contributed by atoms with E-state index >= 15 is 0 Å². The van der Waals surface area contributed by atoms with Crippen LogP contribution in [-0.2, 0) is 11.2 Å². The third-order valence-corrected chi connectivity index (χ3v) is 9.71. The third-order valence-electron chi connectivity index (χ3n) is 9.71. The van der Waals surface area contributed by atoms with Crippen molar-refractivity contribution in [3.8, 4) is 11.1 Å². The van der Waals surface area contributed by atoms with E-state index in [0.717, 1.165) is 54.8 Å². The third kappa shape index (κ3) is 4.64. The standard InChI is InChI=1S/C42H35N3O/c1-4-13-28(14-5-1)32-26-36(29-15-6-2-7-16-29)43-37(27-32)31-19-12-20-33(25-31)45-38-22-11-10-21-34(38)40-39(45)24-23-35-41(40)46-42(44-35)30-17-8-3-9-18-30/h1-11,13-15,17-19,21-22,25-27,29,42,44H,12,16,20,23-24H2. The minimum atomic E-state index is -0.158. The van der Waals surface area contributed by atoms with Crippen LogP contribution in [0, 0.1) is 0 Å². The second kappa shape index (κ2) is 11.2. The Morgan fingerprint density at radius 2 is 1.63 bits per heavy atom. The fourth-order valence-electron chi connectivity index (χ4n) is 7.50. The number of fused-ring (bicyclic) bond motifs is 4. The molecule has 3 aromatic carbocycles. The normalized spacial score (nSPS) is 20.1. The first-order valence-corrected chi connectivity index (χ1v) is 16.5. The summed E-state index contributed by atoms with van der Waals surface area (Å²) in [4.78, 5) is 5.31. The lowest BCUT2D eigenvalue weighted by molar-refractivity contribution is 0.174.